The molecule has 0 radical (unpaired) electrons. The first-order valence-corrected chi connectivity index (χ1v) is 5.00. The number of nitrogens with zero attached hydrogens (tertiary/aromatic N) is 2. The van der Waals surface area contributed by atoms with Crippen LogP contribution in [0.1, 0.15) is 23.1 Å². The van der Waals surface area contributed by atoms with Crippen molar-refractivity contribution < 1.29 is 13.9 Å². The van der Waals surface area contributed by atoms with Gasteiger partial charge in [-0.25, -0.2) is 8.78 Å². The van der Waals surface area contributed by atoms with E-state index in [0.29, 0.717) is 5.69 Å². The molecule has 1 atom stereocenters. The van der Waals surface area contributed by atoms with Gasteiger partial charge in [-0.1, -0.05) is 12.1 Å². The van der Waals surface area contributed by atoms with Gasteiger partial charge in [0.05, 0.1) is 17.6 Å². The van der Waals surface area contributed by atoms with E-state index in [0.717, 1.165) is 6.07 Å². The minimum absolute atomic E-state index is 0.150. The van der Waals surface area contributed by atoms with Gasteiger partial charge in [-0.2, -0.15) is 0 Å². The summed E-state index contributed by atoms with van der Waals surface area (Å²) in [6, 6.07) is 3.63. The van der Waals surface area contributed by atoms with Gasteiger partial charge >= 0.3 is 0 Å². The van der Waals surface area contributed by atoms with Crippen molar-refractivity contribution in [2.45, 2.75) is 13.0 Å². The van der Waals surface area contributed by atoms with E-state index < -0.39 is 17.7 Å². The van der Waals surface area contributed by atoms with E-state index in [2.05, 4.69) is 9.97 Å². The standard InChI is InChI=1S/C12H10F2N2O/c1-7-5-16-10(6-15-7)12(17)8-3-2-4-9(13)11(8)14/h2-6,12,17H,1H3. The Morgan fingerprint density at radius 3 is 2.59 bits per heavy atom. The lowest BCUT2D eigenvalue weighted by atomic mass is 10.1. The fourth-order valence-corrected chi connectivity index (χ4v) is 1.43. The summed E-state index contributed by atoms with van der Waals surface area (Å²) in [5, 5.41) is 9.88. The van der Waals surface area contributed by atoms with Crippen LogP contribution in [0.5, 0.6) is 0 Å². The highest BCUT2D eigenvalue weighted by Crippen LogP contribution is 2.23. The van der Waals surface area contributed by atoms with E-state index in [-0.39, 0.29) is 11.3 Å². The molecule has 0 bridgehead atoms. The third-order valence-electron chi connectivity index (χ3n) is 2.36. The highest BCUT2D eigenvalue weighted by molar-refractivity contribution is 5.27. The minimum Gasteiger partial charge on any atom is -0.382 e. The molecule has 1 aromatic carbocycles. The molecule has 2 rings (SSSR count). The third-order valence-corrected chi connectivity index (χ3v) is 2.36. The molecule has 1 N–H and O–H groups in total. The molecule has 0 aliphatic rings. The Balaban J connectivity index is 2.40. The van der Waals surface area contributed by atoms with Gasteiger partial charge in [-0.05, 0) is 13.0 Å². The average molecular weight is 236 g/mol. The Hall–Kier alpha value is -1.88. The summed E-state index contributed by atoms with van der Waals surface area (Å²) in [5.41, 5.74) is 0.712. The molecule has 0 spiro atoms. The Morgan fingerprint density at radius 1 is 1.18 bits per heavy atom. The van der Waals surface area contributed by atoms with Crippen molar-refractivity contribution in [3.05, 3.63) is 59.2 Å². The van der Waals surface area contributed by atoms with Crippen LogP contribution in [-0.4, -0.2) is 15.1 Å². The maximum absolute atomic E-state index is 13.4. The zero-order valence-corrected chi connectivity index (χ0v) is 9.06. The highest BCUT2D eigenvalue weighted by Gasteiger charge is 2.18. The number of rotatable bonds is 2. The summed E-state index contributed by atoms with van der Waals surface area (Å²) in [7, 11) is 0. The minimum atomic E-state index is -1.32. The predicted octanol–water partition coefficient (Wildman–Crippen LogP) is 2.14. The monoisotopic (exact) mass is 236 g/mol. The maximum Gasteiger partial charge on any atom is 0.165 e. The molecular weight excluding hydrogens is 226 g/mol. The van der Waals surface area contributed by atoms with Gasteiger partial charge in [0.15, 0.2) is 11.6 Å². The molecule has 0 amide bonds. The molecule has 0 fully saturated rings. The SMILES string of the molecule is Cc1cnc(C(O)c2cccc(F)c2F)cn1. The highest BCUT2D eigenvalue weighted by atomic mass is 19.2. The molecule has 5 heteroatoms. The predicted molar refractivity (Wildman–Crippen MR) is 57.2 cm³/mol. The molecule has 1 aromatic heterocycles. The van der Waals surface area contributed by atoms with Crippen molar-refractivity contribution in [2.75, 3.05) is 0 Å². The van der Waals surface area contributed by atoms with Gasteiger partial charge in [0.2, 0.25) is 0 Å². The third kappa shape index (κ3) is 2.29. The molecule has 0 saturated carbocycles. The largest absolute Gasteiger partial charge is 0.382 e. The van der Waals surface area contributed by atoms with E-state index in [1.165, 1.54) is 24.5 Å². The first-order chi connectivity index (χ1) is 8.09. The van der Waals surface area contributed by atoms with Crippen molar-refractivity contribution in [1.29, 1.82) is 0 Å². The van der Waals surface area contributed by atoms with Gasteiger partial charge in [0.1, 0.15) is 6.10 Å². The zero-order chi connectivity index (χ0) is 12.4. The zero-order valence-electron chi connectivity index (χ0n) is 9.06. The van der Waals surface area contributed by atoms with Crippen molar-refractivity contribution in [3.63, 3.8) is 0 Å². The van der Waals surface area contributed by atoms with Gasteiger partial charge in [0.25, 0.3) is 0 Å². The van der Waals surface area contributed by atoms with Crippen LogP contribution in [0.2, 0.25) is 0 Å². The van der Waals surface area contributed by atoms with E-state index in [9.17, 15) is 13.9 Å². The Kier molecular flexibility index (Phi) is 3.10. The van der Waals surface area contributed by atoms with Gasteiger partial charge in [0, 0.05) is 11.8 Å². The number of hydrogen-bond donors (Lipinski definition) is 1. The molecule has 0 aliphatic carbocycles. The molecule has 0 saturated heterocycles. The first kappa shape index (κ1) is 11.6. The quantitative estimate of drug-likeness (QED) is 0.868. The number of aliphatic hydroxyl groups excluding tert-OH is 1. The van der Waals surface area contributed by atoms with Crippen LogP contribution in [0.3, 0.4) is 0 Å². The smallest absolute Gasteiger partial charge is 0.165 e. The summed E-state index contributed by atoms with van der Waals surface area (Å²) < 4.78 is 26.4. The summed E-state index contributed by atoms with van der Waals surface area (Å²) in [5.74, 6) is -2.07. The molecule has 88 valence electrons. The van der Waals surface area contributed by atoms with Crippen LogP contribution in [-0.2, 0) is 0 Å². The summed E-state index contributed by atoms with van der Waals surface area (Å²) in [6.45, 7) is 1.74. The van der Waals surface area contributed by atoms with Gasteiger partial charge in [-0.3, -0.25) is 9.97 Å². The van der Waals surface area contributed by atoms with Crippen LogP contribution in [0.25, 0.3) is 0 Å². The number of benzene rings is 1. The van der Waals surface area contributed by atoms with Crippen molar-refractivity contribution >= 4 is 0 Å². The number of aliphatic hydroxyl groups is 1. The fourth-order valence-electron chi connectivity index (χ4n) is 1.43. The van der Waals surface area contributed by atoms with E-state index in [1.807, 2.05) is 0 Å². The molecule has 1 heterocycles. The van der Waals surface area contributed by atoms with Crippen molar-refractivity contribution in [3.8, 4) is 0 Å². The van der Waals surface area contributed by atoms with Crippen molar-refractivity contribution in [2.24, 2.45) is 0 Å². The second-order valence-corrected chi connectivity index (χ2v) is 3.63. The van der Waals surface area contributed by atoms with Crippen LogP contribution >= 0.6 is 0 Å². The van der Waals surface area contributed by atoms with Crippen LogP contribution in [0.4, 0.5) is 8.78 Å². The molecular formula is C12H10F2N2O. The topological polar surface area (TPSA) is 46.0 Å². The number of aromatic nitrogens is 2. The molecule has 17 heavy (non-hydrogen) atoms. The molecule has 0 aliphatic heterocycles. The maximum atomic E-state index is 13.4. The van der Waals surface area contributed by atoms with E-state index in [1.54, 1.807) is 6.92 Å². The Labute approximate surface area is 96.8 Å². The fraction of sp³-hybridized carbons (Fsp3) is 0.167. The van der Waals surface area contributed by atoms with Crippen LogP contribution < -0.4 is 0 Å². The molecule has 2 aromatic rings. The number of hydrogen-bond acceptors (Lipinski definition) is 3. The van der Waals surface area contributed by atoms with E-state index in [4.69, 9.17) is 0 Å². The van der Waals surface area contributed by atoms with Gasteiger partial charge < -0.3 is 5.11 Å². The van der Waals surface area contributed by atoms with E-state index >= 15 is 0 Å². The lowest BCUT2D eigenvalue weighted by Gasteiger charge is -2.11. The molecule has 3 nitrogen and oxygen atoms in total. The average Bonchev–Trinajstić information content (AvgIpc) is 2.33. The Bertz CT molecular complexity index is 529. The summed E-state index contributed by atoms with van der Waals surface area (Å²) >= 11 is 0. The lowest BCUT2D eigenvalue weighted by molar-refractivity contribution is 0.208. The lowest BCUT2D eigenvalue weighted by Crippen LogP contribution is -2.06. The Morgan fingerprint density at radius 2 is 1.94 bits per heavy atom. The second-order valence-electron chi connectivity index (χ2n) is 3.63. The normalized spacial score (nSPS) is 12.5. The van der Waals surface area contributed by atoms with Crippen LogP contribution in [0.15, 0.2) is 30.6 Å². The van der Waals surface area contributed by atoms with Crippen LogP contribution in [0, 0.1) is 18.6 Å². The second kappa shape index (κ2) is 4.55. The summed E-state index contributed by atoms with van der Waals surface area (Å²) in [4.78, 5) is 7.86. The first-order valence-electron chi connectivity index (χ1n) is 5.00. The van der Waals surface area contributed by atoms with Gasteiger partial charge in [-0.15, -0.1) is 0 Å². The number of aryl methyl sites for hydroxylation is 1. The van der Waals surface area contributed by atoms with Crippen molar-refractivity contribution in [1.82, 2.24) is 9.97 Å². The summed E-state index contributed by atoms with van der Waals surface area (Å²) in [6.07, 6.45) is 1.47. The molecule has 1 unspecified atom stereocenters. The number of halogens is 2.